The molecular weight excluding hydrogens is 155 g/mol. The quantitative estimate of drug-likeness (QED) is 0.491. The van der Waals surface area contributed by atoms with Gasteiger partial charge in [0.2, 0.25) is 0 Å². The Balaban J connectivity index is 3.22. The van der Waals surface area contributed by atoms with Gasteiger partial charge in [0.05, 0.1) is 0 Å². The minimum absolute atomic E-state index is 0.139. The molecule has 0 heterocycles. The highest BCUT2D eigenvalue weighted by Crippen LogP contribution is 2.22. The SMILES string of the molecule is CC(=N)CCCCC(F)(F)F. The Morgan fingerprint density at radius 1 is 1.27 bits per heavy atom. The van der Waals surface area contributed by atoms with Crippen LogP contribution in [0.2, 0.25) is 0 Å². The topological polar surface area (TPSA) is 23.9 Å². The van der Waals surface area contributed by atoms with Gasteiger partial charge < -0.3 is 5.41 Å². The molecular formula is C7H12F3N. The van der Waals surface area contributed by atoms with Crippen LogP contribution in [0.4, 0.5) is 13.2 Å². The first kappa shape index (κ1) is 10.5. The van der Waals surface area contributed by atoms with E-state index >= 15 is 0 Å². The zero-order chi connectivity index (χ0) is 8.91. The number of nitrogens with one attached hydrogen (secondary N) is 1. The molecule has 11 heavy (non-hydrogen) atoms. The molecule has 0 rings (SSSR count). The van der Waals surface area contributed by atoms with E-state index in [9.17, 15) is 13.2 Å². The highest BCUT2D eigenvalue weighted by molar-refractivity contribution is 5.78. The van der Waals surface area contributed by atoms with Gasteiger partial charge in [0.25, 0.3) is 0 Å². The van der Waals surface area contributed by atoms with Gasteiger partial charge in [-0.1, -0.05) is 0 Å². The summed E-state index contributed by atoms with van der Waals surface area (Å²) in [6.07, 6.45) is -3.67. The smallest absolute Gasteiger partial charge is 0.310 e. The second kappa shape index (κ2) is 4.36. The molecule has 0 aromatic rings. The summed E-state index contributed by atoms with van der Waals surface area (Å²) in [7, 11) is 0. The van der Waals surface area contributed by atoms with Crippen LogP contribution in [0.5, 0.6) is 0 Å². The lowest BCUT2D eigenvalue weighted by Gasteiger charge is -2.04. The number of rotatable bonds is 4. The van der Waals surface area contributed by atoms with E-state index in [-0.39, 0.29) is 6.42 Å². The molecule has 0 amide bonds. The van der Waals surface area contributed by atoms with Crippen molar-refractivity contribution >= 4 is 5.71 Å². The second-order valence-electron chi connectivity index (χ2n) is 2.60. The summed E-state index contributed by atoms with van der Waals surface area (Å²) in [4.78, 5) is 0. The molecule has 0 atom stereocenters. The number of alkyl halides is 3. The molecule has 0 unspecified atom stereocenters. The maximum atomic E-state index is 11.5. The van der Waals surface area contributed by atoms with Crippen LogP contribution >= 0.6 is 0 Å². The van der Waals surface area contributed by atoms with Crippen molar-refractivity contribution < 1.29 is 13.2 Å². The maximum absolute atomic E-state index is 11.5. The summed E-state index contributed by atoms with van der Waals surface area (Å²) in [5.74, 6) is 0. The first-order valence-corrected chi connectivity index (χ1v) is 3.52. The molecule has 0 radical (unpaired) electrons. The van der Waals surface area contributed by atoms with Crippen LogP contribution in [0.1, 0.15) is 32.6 Å². The van der Waals surface area contributed by atoms with Crippen LogP contribution < -0.4 is 0 Å². The minimum Gasteiger partial charge on any atom is -0.310 e. The van der Waals surface area contributed by atoms with E-state index in [0.717, 1.165) is 0 Å². The molecule has 66 valence electrons. The maximum Gasteiger partial charge on any atom is 0.389 e. The van der Waals surface area contributed by atoms with E-state index in [1.54, 1.807) is 6.92 Å². The molecule has 4 heteroatoms. The molecule has 0 spiro atoms. The molecule has 1 N–H and O–H groups in total. The summed E-state index contributed by atoms with van der Waals surface area (Å²) >= 11 is 0. The van der Waals surface area contributed by atoms with Crippen molar-refractivity contribution in [3.8, 4) is 0 Å². The molecule has 0 fully saturated rings. The van der Waals surface area contributed by atoms with Gasteiger partial charge in [-0.05, 0) is 26.2 Å². The van der Waals surface area contributed by atoms with Gasteiger partial charge in [-0.2, -0.15) is 13.2 Å². The summed E-state index contributed by atoms with van der Waals surface area (Å²) in [5.41, 5.74) is 0.451. The van der Waals surface area contributed by atoms with Crippen LogP contribution in [0.3, 0.4) is 0 Å². The predicted molar refractivity (Wildman–Crippen MR) is 37.9 cm³/mol. The lowest BCUT2D eigenvalue weighted by Crippen LogP contribution is -2.06. The zero-order valence-corrected chi connectivity index (χ0v) is 6.46. The van der Waals surface area contributed by atoms with Crippen molar-refractivity contribution in [2.75, 3.05) is 0 Å². The molecule has 0 aromatic heterocycles. The van der Waals surface area contributed by atoms with E-state index in [1.165, 1.54) is 0 Å². The Bertz CT molecular complexity index is 128. The fourth-order valence-electron chi connectivity index (χ4n) is 0.716. The van der Waals surface area contributed by atoms with Crippen molar-refractivity contribution in [2.24, 2.45) is 0 Å². The zero-order valence-electron chi connectivity index (χ0n) is 6.46. The van der Waals surface area contributed by atoms with Gasteiger partial charge in [-0.3, -0.25) is 0 Å². The first-order chi connectivity index (χ1) is 4.92. The van der Waals surface area contributed by atoms with Crippen molar-refractivity contribution in [3.63, 3.8) is 0 Å². The fourth-order valence-corrected chi connectivity index (χ4v) is 0.716. The van der Waals surface area contributed by atoms with Gasteiger partial charge in [0.1, 0.15) is 0 Å². The standard InChI is InChI=1S/C7H12F3N/c1-6(11)4-2-3-5-7(8,9)10/h11H,2-5H2,1H3. The summed E-state index contributed by atoms with van der Waals surface area (Å²) in [5, 5.41) is 6.95. The van der Waals surface area contributed by atoms with Gasteiger partial charge in [0, 0.05) is 12.1 Å². The van der Waals surface area contributed by atoms with Gasteiger partial charge in [-0.15, -0.1) is 0 Å². The molecule has 0 aliphatic heterocycles. The van der Waals surface area contributed by atoms with Gasteiger partial charge in [-0.25, -0.2) is 0 Å². The van der Waals surface area contributed by atoms with Crippen LogP contribution in [0, 0.1) is 5.41 Å². The lowest BCUT2D eigenvalue weighted by molar-refractivity contribution is -0.135. The summed E-state index contributed by atoms with van der Waals surface area (Å²) in [6.45, 7) is 1.60. The largest absolute Gasteiger partial charge is 0.389 e. The molecule has 0 saturated heterocycles. The normalized spacial score (nSPS) is 11.6. The van der Waals surface area contributed by atoms with Crippen molar-refractivity contribution in [2.45, 2.75) is 38.8 Å². The van der Waals surface area contributed by atoms with E-state index in [4.69, 9.17) is 5.41 Å². The first-order valence-electron chi connectivity index (χ1n) is 3.52. The number of halogens is 3. The Kier molecular flexibility index (Phi) is 4.15. The predicted octanol–water partition coefficient (Wildman–Crippen LogP) is 3.15. The second-order valence-corrected chi connectivity index (χ2v) is 2.60. The van der Waals surface area contributed by atoms with Crippen LogP contribution in [0.15, 0.2) is 0 Å². The van der Waals surface area contributed by atoms with Crippen LogP contribution in [-0.4, -0.2) is 11.9 Å². The molecule has 0 bridgehead atoms. The fraction of sp³-hybridized carbons (Fsp3) is 0.857. The third-order valence-electron chi connectivity index (χ3n) is 1.26. The number of unbranched alkanes of at least 4 members (excludes halogenated alkanes) is 1. The minimum atomic E-state index is -4.03. The van der Waals surface area contributed by atoms with Gasteiger partial charge in [0.15, 0.2) is 0 Å². The molecule has 0 aromatic carbocycles. The highest BCUT2D eigenvalue weighted by atomic mass is 19.4. The molecule has 1 nitrogen and oxygen atoms in total. The Morgan fingerprint density at radius 2 is 1.82 bits per heavy atom. The third kappa shape index (κ3) is 9.46. The van der Waals surface area contributed by atoms with Crippen molar-refractivity contribution in [3.05, 3.63) is 0 Å². The molecule has 0 aliphatic carbocycles. The van der Waals surface area contributed by atoms with Crippen LogP contribution in [0.25, 0.3) is 0 Å². The Hall–Kier alpha value is -0.540. The number of hydrogen-bond acceptors (Lipinski definition) is 1. The van der Waals surface area contributed by atoms with Gasteiger partial charge >= 0.3 is 6.18 Å². The van der Waals surface area contributed by atoms with E-state index in [0.29, 0.717) is 18.6 Å². The average Bonchev–Trinajstić information content (AvgIpc) is 1.78. The number of hydrogen-bond donors (Lipinski definition) is 1. The average molecular weight is 167 g/mol. The van der Waals surface area contributed by atoms with Crippen LogP contribution in [-0.2, 0) is 0 Å². The highest BCUT2D eigenvalue weighted by Gasteiger charge is 2.25. The van der Waals surface area contributed by atoms with E-state index < -0.39 is 12.6 Å². The van der Waals surface area contributed by atoms with Crippen molar-refractivity contribution in [1.29, 1.82) is 5.41 Å². The molecule has 0 aliphatic rings. The Morgan fingerprint density at radius 3 is 2.18 bits per heavy atom. The van der Waals surface area contributed by atoms with E-state index in [1.807, 2.05) is 0 Å². The third-order valence-corrected chi connectivity index (χ3v) is 1.26. The summed E-state index contributed by atoms with van der Waals surface area (Å²) in [6, 6.07) is 0. The van der Waals surface area contributed by atoms with E-state index in [2.05, 4.69) is 0 Å². The van der Waals surface area contributed by atoms with Crippen molar-refractivity contribution in [1.82, 2.24) is 0 Å². The monoisotopic (exact) mass is 167 g/mol. The lowest BCUT2D eigenvalue weighted by atomic mass is 10.1. The summed E-state index contributed by atoms with van der Waals surface area (Å²) < 4.78 is 34.6. The Labute approximate surface area is 64.1 Å². The molecule has 0 saturated carbocycles.